The van der Waals surface area contributed by atoms with E-state index in [-0.39, 0.29) is 77.0 Å². The first-order valence-corrected chi connectivity index (χ1v) is 50.1. The van der Waals surface area contributed by atoms with Crippen LogP contribution in [0.25, 0.3) is 49.0 Å². The second-order valence-electron chi connectivity index (χ2n) is 30.1. The number of esters is 2. The normalized spacial score (nSPS) is 11.2. The fourth-order valence-corrected chi connectivity index (χ4v) is 15.5. The van der Waals surface area contributed by atoms with Gasteiger partial charge >= 0.3 is 30.3 Å². The number of carbonyl (C=O) groups is 4. The summed E-state index contributed by atoms with van der Waals surface area (Å²) in [5.41, 5.74) is 11.7. The first-order chi connectivity index (χ1) is 70.2. The molecule has 13 N–H and O–H groups in total. The van der Waals surface area contributed by atoms with Crippen molar-refractivity contribution < 1.29 is 105 Å². The van der Waals surface area contributed by atoms with E-state index < -0.39 is 106 Å². The van der Waals surface area contributed by atoms with Gasteiger partial charge in [-0.2, -0.15) is 31.6 Å². The molecule has 11 aromatic heterocycles. The van der Waals surface area contributed by atoms with E-state index in [0.717, 1.165) is 68.2 Å². The Morgan fingerprint density at radius 1 is 0.557 bits per heavy atom. The van der Waals surface area contributed by atoms with Crippen molar-refractivity contribution in [1.29, 1.82) is 10.7 Å². The molecule has 0 fully saturated rings. The number of sulfonamides is 2. The minimum Gasteiger partial charge on any atom is -0.465 e. The number of nitrogen functional groups attached to an aromatic ring is 1. The highest BCUT2D eigenvalue weighted by molar-refractivity contribution is 9.09. The van der Waals surface area contributed by atoms with Gasteiger partial charge < -0.3 is 84.1 Å². The number of nitriles is 1. The summed E-state index contributed by atoms with van der Waals surface area (Å²) >= 11 is 20.2. The Morgan fingerprint density at radius 3 is 1.42 bits per heavy atom. The molecule has 2 aromatic carbocycles. The quantitative estimate of drug-likeness (QED) is 0.00184. The molecule has 0 aliphatic carbocycles. The lowest BCUT2D eigenvalue weighted by molar-refractivity contribution is -0.156. The number of anilines is 3. The third-order valence-electron chi connectivity index (χ3n) is 18.5. The summed E-state index contributed by atoms with van der Waals surface area (Å²) in [7, 11) is -6.51. The van der Waals surface area contributed by atoms with Crippen molar-refractivity contribution in [2.24, 2.45) is 5.73 Å². The van der Waals surface area contributed by atoms with Gasteiger partial charge in [0.15, 0.2) is 24.6 Å². The molecule has 13 rings (SSSR count). The Kier molecular flexibility index (Phi) is 53.7. The second kappa shape index (κ2) is 62.6. The number of amidine groups is 1. The van der Waals surface area contributed by atoms with E-state index in [0.29, 0.717) is 132 Å². The molecule has 0 aliphatic heterocycles. The topological polar surface area (TPSA) is 609 Å². The number of rotatable bonds is 31. The number of pyridine rings is 2. The van der Waals surface area contributed by atoms with Gasteiger partial charge in [-0.3, -0.25) is 48.6 Å². The highest BCUT2D eigenvalue weighted by Crippen LogP contribution is 2.39. The minimum absolute atomic E-state index is 0.00796. The van der Waals surface area contributed by atoms with Crippen molar-refractivity contribution in [2.45, 2.75) is 184 Å². The number of fused-ring (bicyclic) bond motifs is 4. The maximum absolute atomic E-state index is 13.3. The number of ketones is 1. The Hall–Kier alpha value is -13.6. The molecule has 43 nitrogen and oxygen atoms in total. The van der Waals surface area contributed by atoms with Crippen LogP contribution in [0.15, 0.2) is 129 Å². The van der Waals surface area contributed by atoms with Crippen LogP contribution >= 0.6 is 50.7 Å². The summed E-state index contributed by atoms with van der Waals surface area (Å²) in [6.45, 7) is 41.2. The lowest BCUT2D eigenvalue weighted by Crippen LogP contribution is -2.28. The zero-order chi connectivity index (χ0) is 112. The van der Waals surface area contributed by atoms with Crippen LogP contribution in [0.3, 0.4) is 0 Å². The lowest BCUT2D eigenvalue weighted by Gasteiger charge is -2.17. The number of alkyl halides is 7. The molecule has 0 spiro atoms. The summed E-state index contributed by atoms with van der Waals surface area (Å²) < 4.78 is 175. The molecular formula is C94H116BrCl3F6N24O19S2. The van der Waals surface area contributed by atoms with Gasteiger partial charge in [0.2, 0.25) is 5.78 Å². The molecule has 1 atom stereocenters. The first-order valence-electron chi connectivity index (χ1n) is 44.9. The molecular weight excluding hydrogens is 2130 g/mol. The van der Waals surface area contributed by atoms with Gasteiger partial charge in [-0.1, -0.05) is 50.7 Å². The largest absolute Gasteiger partial charge is 0.465 e. The fourth-order valence-electron chi connectivity index (χ4n) is 12.2. The number of halogens is 10. The van der Waals surface area contributed by atoms with E-state index in [2.05, 4.69) is 115 Å². The number of H-pyrrole nitrogens is 6. The van der Waals surface area contributed by atoms with Crippen LogP contribution in [0.5, 0.6) is 0 Å². The highest BCUT2D eigenvalue weighted by Gasteiger charge is 2.38. The van der Waals surface area contributed by atoms with E-state index in [1.54, 1.807) is 85.3 Å². The number of nitrogens with zero attached hydrogens (tertiary/aromatic N) is 13. The number of hydrogen-bond donors (Lipinski definition) is 11. The average Bonchev–Trinajstić information content (AvgIpc) is 1.77. The zero-order valence-corrected chi connectivity index (χ0v) is 90.0. The van der Waals surface area contributed by atoms with Crippen LogP contribution in [-0.2, 0) is 91.1 Å². The predicted molar refractivity (Wildman–Crippen MR) is 551 cm³/mol. The summed E-state index contributed by atoms with van der Waals surface area (Å²) in [6.07, 6.45) is -0.735. The van der Waals surface area contributed by atoms with Crippen LogP contribution in [0.1, 0.15) is 164 Å². The maximum Gasteiger partial charge on any atom is 0.417 e. The molecule has 149 heavy (non-hydrogen) atoms. The number of nitrogens with one attached hydrogen (secondary N) is 9. The van der Waals surface area contributed by atoms with Crippen LogP contribution in [0, 0.1) is 78.7 Å². The van der Waals surface area contributed by atoms with Gasteiger partial charge in [-0.25, -0.2) is 78.1 Å². The Balaban J connectivity index is 0.000000362. The van der Waals surface area contributed by atoms with Gasteiger partial charge in [-0.15, -0.1) is 0 Å². The third-order valence-corrected chi connectivity index (χ3v) is 22.7. The summed E-state index contributed by atoms with van der Waals surface area (Å²) in [5, 5.41) is 18.0. The van der Waals surface area contributed by atoms with Crippen molar-refractivity contribution in [2.75, 3.05) is 87.5 Å². The minimum atomic E-state index is -4.86. The van der Waals surface area contributed by atoms with Crippen LogP contribution in [0.4, 0.5) is 43.5 Å². The van der Waals surface area contributed by atoms with Gasteiger partial charge in [0.25, 0.3) is 37.1 Å². The highest BCUT2D eigenvalue weighted by atomic mass is 79.9. The summed E-state index contributed by atoms with van der Waals surface area (Å²) in [4.78, 5) is 135. The van der Waals surface area contributed by atoms with Crippen molar-refractivity contribution in [3.05, 3.63) is 237 Å². The standard InChI is InChI=1S/C21H15ClF3N5O3S.C16H15ClF3N3O4S.C11H19N3O3.C11H19NO4.C8H9N3.C7H6ClN3.C7H7N3O.C6H13BrO2.C5H7NO2.C2H6N2/c1-10-7-16(30-34(32,33)12-3-4-15(22)14(8-12)21(23,24)25)18(27-9-10)19(31)17-13-5-6-26-20(13)29-11(2)28-17;1-9-6-13(14(21-8-9)15(24)23(2)27-3)22-28(25,26)10-4-5-12(17)11(7-10)16(18,19)20;1-4-16-9(17-5-2)6-8-10(12)13-7(3)14-11(8)15;1-5-14-10(15-6-2)8-9(12-4)11(13)16-7-3;1-5-7-3-4-9-8(7)11-6(2)10-5;1-4-10-6(8)5-2-3-9-7(5)11-4;1-4-9-6-5(2-3-8-6)7(11)10-4;1-3-8-6(5-7)9-4-2;1-2-8-5(7)3-4-6;1-2(3)4/h3-9,30H,1-2H3,(H,26,28,29);4-8,22H,1-3H3;9H,4-6H2,1-3H3,(H3,12,13,14,15);9-10H,5-8H2,1-3H3;3-4H,1-2H3,(H,9,10,11);2-3H,1H3,(H,9,10,11);2-3H,1H3,(H2,8,9,10,11);6H,3-5H2,1-2H3;2-3H2,1H3;1H3,(H3,3,4). The smallest absolute Gasteiger partial charge is 0.417 e. The number of amides is 1. The molecule has 11 heterocycles. The third kappa shape index (κ3) is 41.8. The molecule has 13 aromatic rings. The molecule has 0 radical (unpaired) electrons. The first kappa shape index (κ1) is 128. The molecule has 808 valence electrons. The van der Waals surface area contributed by atoms with Crippen molar-refractivity contribution in [3.63, 3.8) is 0 Å². The number of ether oxygens (including phenoxy) is 8. The van der Waals surface area contributed by atoms with E-state index in [1.807, 2.05) is 80.6 Å². The summed E-state index contributed by atoms with van der Waals surface area (Å²) in [5.74, 6) is 0.918. The molecule has 0 bridgehead atoms. The maximum atomic E-state index is 13.3. The molecule has 1 unspecified atom stereocenters. The number of carbonyl (C=O) groups excluding carboxylic acids is 4. The predicted octanol–water partition coefficient (Wildman–Crippen LogP) is 16.6. The molecule has 55 heteroatoms. The number of nitrogens with two attached hydrogens (primary N) is 2. The Morgan fingerprint density at radius 2 is 0.966 bits per heavy atom. The van der Waals surface area contributed by atoms with Gasteiger partial charge in [0, 0.05) is 101 Å². The molecule has 0 saturated heterocycles. The van der Waals surface area contributed by atoms with Crippen molar-refractivity contribution >= 4 is 162 Å². The Labute approximate surface area is 877 Å². The van der Waals surface area contributed by atoms with Crippen molar-refractivity contribution in [3.8, 4) is 6.07 Å². The number of aromatic nitrogens is 16. The van der Waals surface area contributed by atoms with Crippen LogP contribution in [-0.4, -0.2) is 228 Å². The van der Waals surface area contributed by atoms with Gasteiger partial charge in [0.1, 0.15) is 80.5 Å². The number of aryl methyl sites for hydroxylation is 8. The van der Waals surface area contributed by atoms with Crippen molar-refractivity contribution in [1.82, 2.24) is 84.8 Å². The monoisotopic (exact) mass is 2250 g/mol. The number of hydroxylamine groups is 2. The van der Waals surface area contributed by atoms with E-state index in [4.69, 9.17) is 102 Å². The SMILES string of the molecule is CC(=N)N.CCOC(=O)CC#N.CCOC(CBr)OCC.CCOC(Cc1c(N)nc(C)[nH]c1=O)OCC.CON(C)C(=O)c1ncc(C)cc1NS(=O)(=O)c1ccc(Cl)c(C(F)(F)F)c1.Cc1cnc(C(=O)c2nc(C)nc3[nH]ccc23)c(NS(=O)(=O)c2ccc(Cl)c(C(F)(F)F)c2)c1.Cc1nc(C)c2cc[nH]c2n1.Cc1nc(Cl)c2cc[nH]c2n1.Cc1nc2[nH]ccc2c(=O)[nH]1.[C-]#[N+]C(CC(OCC)OCC)C(=O)OCC. The number of aromatic amines is 6. The molecule has 0 aliphatic rings. The molecule has 0 saturated carbocycles. The number of hydrogen-bond acceptors (Lipinski definition) is 32. The number of benzene rings is 2. The van der Waals surface area contributed by atoms with E-state index >= 15 is 0 Å². The van der Waals surface area contributed by atoms with Gasteiger partial charge in [-0.05, 0) is 202 Å². The zero-order valence-electron chi connectivity index (χ0n) is 84.5. The van der Waals surface area contributed by atoms with Gasteiger partial charge in [0.05, 0.1) is 108 Å². The molecule has 1 amide bonds. The van der Waals surface area contributed by atoms with Crippen LogP contribution < -0.4 is 32.0 Å². The lowest BCUT2D eigenvalue weighted by atomic mass is 10.1. The fraction of sp³-hybridized carbons (Fsp3) is 0.394. The Bertz CT molecular complexity index is 6970. The van der Waals surface area contributed by atoms with Crippen LogP contribution in [0.2, 0.25) is 15.2 Å². The summed E-state index contributed by atoms with van der Waals surface area (Å²) in [6, 6.07) is 15.0. The average molecular weight is 2250 g/mol. The van der Waals surface area contributed by atoms with E-state index in [9.17, 15) is 71.9 Å². The van der Waals surface area contributed by atoms with E-state index in [1.165, 1.54) is 45.6 Å². The second-order valence-corrected chi connectivity index (χ2v) is 35.3.